The summed E-state index contributed by atoms with van der Waals surface area (Å²) in [5, 5.41) is 18.8. The van der Waals surface area contributed by atoms with Gasteiger partial charge in [0.05, 0.1) is 0 Å². The van der Waals surface area contributed by atoms with Crippen LogP contribution in [0.5, 0.6) is 0 Å². The molecule has 2 rings (SSSR count). The quantitative estimate of drug-likeness (QED) is 0.624. The van der Waals surface area contributed by atoms with Crippen molar-refractivity contribution >= 4 is 12.6 Å². The Labute approximate surface area is 121 Å². The highest BCUT2D eigenvalue weighted by atomic mass is 16.4. The summed E-state index contributed by atoms with van der Waals surface area (Å²) in [7, 11) is -1.43. The lowest BCUT2D eigenvalue weighted by Crippen LogP contribution is -2.31. The van der Waals surface area contributed by atoms with E-state index < -0.39 is 7.12 Å². The second-order valence-electron chi connectivity index (χ2n) is 5.11. The minimum absolute atomic E-state index is 0.547. The highest BCUT2D eigenvalue weighted by Crippen LogP contribution is 2.19. The standard InChI is InChI=1S/C17H21BO2/c1-2-3-4-7-14-10-12-15(13-11-14)16-8-5-6-9-17(16)18(19)20/h5-6,8-13,19-20H,2-4,7H2,1H3. The van der Waals surface area contributed by atoms with Gasteiger partial charge in [-0.05, 0) is 35.0 Å². The van der Waals surface area contributed by atoms with Gasteiger partial charge < -0.3 is 10.0 Å². The third-order valence-electron chi connectivity index (χ3n) is 3.57. The van der Waals surface area contributed by atoms with Crippen LogP contribution in [0.3, 0.4) is 0 Å². The highest BCUT2D eigenvalue weighted by molar-refractivity contribution is 6.60. The van der Waals surface area contributed by atoms with Crippen LogP contribution in [0, 0.1) is 0 Å². The van der Waals surface area contributed by atoms with Crippen LogP contribution in [0.1, 0.15) is 31.7 Å². The molecular weight excluding hydrogens is 247 g/mol. The zero-order valence-electron chi connectivity index (χ0n) is 11.9. The van der Waals surface area contributed by atoms with E-state index in [-0.39, 0.29) is 0 Å². The van der Waals surface area contributed by atoms with Crippen molar-refractivity contribution in [2.24, 2.45) is 0 Å². The minimum Gasteiger partial charge on any atom is -0.423 e. The first-order valence-electron chi connectivity index (χ1n) is 7.26. The van der Waals surface area contributed by atoms with Gasteiger partial charge in [-0.25, -0.2) is 0 Å². The van der Waals surface area contributed by atoms with Crippen LogP contribution in [0.15, 0.2) is 48.5 Å². The molecule has 0 aliphatic rings. The van der Waals surface area contributed by atoms with Gasteiger partial charge in [0.1, 0.15) is 0 Å². The minimum atomic E-state index is -1.43. The Morgan fingerprint density at radius 1 is 0.900 bits per heavy atom. The summed E-state index contributed by atoms with van der Waals surface area (Å²) < 4.78 is 0. The lowest BCUT2D eigenvalue weighted by atomic mass is 9.75. The van der Waals surface area contributed by atoms with Gasteiger partial charge >= 0.3 is 7.12 Å². The van der Waals surface area contributed by atoms with Crippen molar-refractivity contribution in [2.75, 3.05) is 0 Å². The summed E-state index contributed by atoms with van der Waals surface area (Å²) >= 11 is 0. The zero-order chi connectivity index (χ0) is 14.4. The van der Waals surface area contributed by atoms with Crippen molar-refractivity contribution in [1.29, 1.82) is 0 Å². The van der Waals surface area contributed by atoms with E-state index in [1.165, 1.54) is 24.8 Å². The van der Waals surface area contributed by atoms with Crippen LogP contribution in [0.4, 0.5) is 0 Å². The normalized spacial score (nSPS) is 10.6. The first-order chi connectivity index (χ1) is 9.72. The molecule has 2 aromatic rings. The van der Waals surface area contributed by atoms with E-state index in [0.717, 1.165) is 17.5 Å². The van der Waals surface area contributed by atoms with E-state index in [9.17, 15) is 10.0 Å². The fraction of sp³-hybridized carbons (Fsp3) is 0.294. The van der Waals surface area contributed by atoms with Crippen molar-refractivity contribution in [3.63, 3.8) is 0 Å². The Balaban J connectivity index is 2.18. The van der Waals surface area contributed by atoms with Crippen molar-refractivity contribution in [2.45, 2.75) is 32.6 Å². The molecule has 0 saturated heterocycles. The first-order valence-corrected chi connectivity index (χ1v) is 7.26. The molecule has 3 heteroatoms. The van der Waals surface area contributed by atoms with Crippen molar-refractivity contribution in [1.82, 2.24) is 0 Å². The SMILES string of the molecule is CCCCCc1ccc(-c2ccccc2B(O)O)cc1. The van der Waals surface area contributed by atoms with Crippen LogP contribution in [0.2, 0.25) is 0 Å². The molecule has 2 aromatic carbocycles. The molecule has 0 heterocycles. The molecule has 20 heavy (non-hydrogen) atoms. The fourth-order valence-electron chi connectivity index (χ4n) is 2.42. The largest absolute Gasteiger partial charge is 0.489 e. The maximum Gasteiger partial charge on any atom is 0.489 e. The maximum atomic E-state index is 9.42. The summed E-state index contributed by atoms with van der Waals surface area (Å²) in [6.45, 7) is 2.21. The van der Waals surface area contributed by atoms with Crippen molar-refractivity contribution in [3.05, 3.63) is 54.1 Å². The summed E-state index contributed by atoms with van der Waals surface area (Å²) in [4.78, 5) is 0. The molecule has 104 valence electrons. The maximum absolute atomic E-state index is 9.42. The van der Waals surface area contributed by atoms with E-state index >= 15 is 0 Å². The lowest BCUT2D eigenvalue weighted by Gasteiger charge is -2.09. The zero-order valence-corrected chi connectivity index (χ0v) is 11.9. The smallest absolute Gasteiger partial charge is 0.423 e. The molecule has 0 unspecified atom stereocenters. The molecule has 0 fully saturated rings. The van der Waals surface area contributed by atoms with E-state index in [1.807, 2.05) is 18.2 Å². The monoisotopic (exact) mass is 268 g/mol. The van der Waals surface area contributed by atoms with Crippen LogP contribution < -0.4 is 5.46 Å². The summed E-state index contributed by atoms with van der Waals surface area (Å²) in [5.74, 6) is 0. The van der Waals surface area contributed by atoms with Crippen molar-refractivity contribution < 1.29 is 10.0 Å². The number of benzene rings is 2. The lowest BCUT2D eigenvalue weighted by molar-refractivity contribution is 0.426. The van der Waals surface area contributed by atoms with Gasteiger partial charge in [0.15, 0.2) is 0 Å². The third kappa shape index (κ3) is 3.72. The molecule has 0 bridgehead atoms. The Morgan fingerprint density at radius 3 is 2.25 bits per heavy atom. The van der Waals surface area contributed by atoms with Crippen LogP contribution in [-0.2, 0) is 6.42 Å². The average Bonchev–Trinajstić information content (AvgIpc) is 2.48. The molecule has 2 N–H and O–H groups in total. The van der Waals surface area contributed by atoms with Gasteiger partial charge in [0.25, 0.3) is 0 Å². The highest BCUT2D eigenvalue weighted by Gasteiger charge is 2.15. The first kappa shape index (κ1) is 14.8. The molecule has 0 spiro atoms. The van der Waals surface area contributed by atoms with E-state index in [1.54, 1.807) is 6.07 Å². The fourth-order valence-corrected chi connectivity index (χ4v) is 2.42. The molecular formula is C17H21BO2. The van der Waals surface area contributed by atoms with Crippen LogP contribution in [-0.4, -0.2) is 17.2 Å². The summed E-state index contributed by atoms with van der Waals surface area (Å²) in [6, 6.07) is 15.8. The number of unbranched alkanes of at least 4 members (excludes halogenated alkanes) is 2. The van der Waals surface area contributed by atoms with Gasteiger partial charge in [0.2, 0.25) is 0 Å². The van der Waals surface area contributed by atoms with Gasteiger partial charge in [-0.1, -0.05) is 68.3 Å². The number of hydrogen-bond donors (Lipinski definition) is 2. The van der Waals surface area contributed by atoms with Gasteiger partial charge in [0, 0.05) is 0 Å². The number of rotatable bonds is 6. The summed E-state index contributed by atoms with van der Waals surface area (Å²) in [6.07, 6.45) is 4.83. The van der Waals surface area contributed by atoms with Gasteiger partial charge in [-0.15, -0.1) is 0 Å². The molecule has 0 amide bonds. The van der Waals surface area contributed by atoms with Crippen LogP contribution >= 0.6 is 0 Å². The molecule has 0 aliphatic carbocycles. The average molecular weight is 268 g/mol. The van der Waals surface area contributed by atoms with E-state index in [0.29, 0.717) is 5.46 Å². The predicted octanol–water partition coefficient (Wildman–Crippen LogP) is 2.77. The van der Waals surface area contributed by atoms with Gasteiger partial charge in [-0.3, -0.25) is 0 Å². The molecule has 0 atom stereocenters. The van der Waals surface area contributed by atoms with Crippen LogP contribution in [0.25, 0.3) is 11.1 Å². The van der Waals surface area contributed by atoms with E-state index in [2.05, 4.69) is 31.2 Å². The number of aryl methyl sites for hydroxylation is 1. The van der Waals surface area contributed by atoms with Gasteiger partial charge in [-0.2, -0.15) is 0 Å². The number of hydrogen-bond acceptors (Lipinski definition) is 2. The third-order valence-corrected chi connectivity index (χ3v) is 3.57. The Morgan fingerprint density at radius 2 is 1.60 bits per heavy atom. The van der Waals surface area contributed by atoms with Crippen molar-refractivity contribution in [3.8, 4) is 11.1 Å². The molecule has 0 aliphatic heterocycles. The molecule has 0 saturated carbocycles. The second-order valence-corrected chi connectivity index (χ2v) is 5.11. The predicted molar refractivity (Wildman–Crippen MR) is 84.9 cm³/mol. The molecule has 0 radical (unpaired) electrons. The Kier molecular flexibility index (Phi) is 5.39. The topological polar surface area (TPSA) is 40.5 Å². The Bertz CT molecular complexity index is 535. The Hall–Kier alpha value is -1.58. The molecule has 2 nitrogen and oxygen atoms in total. The molecule has 0 aromatic heterocycles. The second kappa shape index (κ2) is 7.27. The van der Waals surface area contributed by atoms with E-state index in [4.69, 9.17) is 0 Å². The summed E-state index contributed by atoms with van der Waals surface area (Å²) in [5.41, 5.74) is 3.78.